The molecule has 0 spiro atoms. The molecule has 7 rings (SSSR count). The van der Waals surface area contributed by atoms with Gasteiger partial charge < -0.3 is 14.8 Å². The zero-order valence-electron chi connectivity index (χ0n) is 24.1. The van der Waals surface area contributed by atoms with Gasteiger partial charge in [-0.25, -0.2) is 9.59 Å². The van der Waals surface area contributed by atoms with E-state index in [9.17, 15) is 24.0 Å². The number of likely N-dealkylation sites (tertiary alicyclic amines) is 1. The maximum atomic E-state index is 13.8. The molecule has 9 nitrogen and oxygen atoms in total. The van der Waals surface area contributed by atoms with Crippen molar-refractivity contribution in [2.75, 3.05) is 18.5 Å². The molecular weight excluding hydrogens is 548 g/mol. The van der Waals surface area contributed by atoms with Gasteiger partial charge >= 0.3 is 11.9 Å². The van der Waals surface area contributed by atoms with Gasteiger partial charge in [0.05, 0.1) is 24.0 Å². The molecular formula is C34H32N2O7. The molecule has 43 heavy (non-hydrogen) atoms. The minimum atomic E-state index is -1.19. The lowest BCUT2D eigenvalue weighted by atomic mass is 9.55. The average molecular weight is 581 g/mol. The summed E-state index contributed by atoms with van der Waals surface area (Å²) in [6.07, 6.45) is 0. The summed E-state index contributed by atoms with van der Waals surface area (Å²) in [6.45, 7) is 5.03. The fraction of sp³-hybridized carbons (Fsp3) is 0.324. The highest BCUT2D eigenvalue weighted by atomic mass is 16.5. The smallest absolute Gasteiger partial charge is 0.338 e. The molecule has 0 radical (unpaired) electrons. The Morgan fingerprint density at radius 1 is 0.744 bits per heavy atom. The van der Waals surface area contributed by atoms with Gasteiger partial charge in [0.1, 0.15) is 6.04 Å². The zero-order valence-corrected chi connectivity index (χ0v) is 24.1. The maximum Gasteiger partial charge on any atom is 0.338 e. The van der Waals surface area contributed by atoms with Crippen molar-refractivity contribution in [3.63, 3.8) is 0 Å². The van der Waals surface area contributed by atoms with E-state index >= 15 is 0 Å². The van der Waals surface area contributed by atoms with Crippen LogP contribution in [0, 0.1) is 17.8 Å². The first-order valence-electron chi connectivity index (χ1n) is 14.5. The minimum absolute atomic E-state index is 0.211. The first-order valence-corrected chi connectivity index (χ1v) is 14.5. The van der Waals surface area contributed by atoms with Crippen LogP contribution in [0.4, 0.5) is 5.69 Å². The molecule has 1 saturated heterocycles. The van der Waals surface area contributed by atoms with Crippen LogP contribution in [0.1, 0.15) is 65.2 Å². The Bertz CT molecular complexity index is 1510. The van der Waals surface area contributed by atoms with Crippen molar-refractivity contribution >= 4 is 35.3 Å². The second-order valence-electron chi connectivity index (χ2n) is 11.7. The lowest BCUT2D eigenvalue weighted by Crippen LogP contribution is -2.45. The van der Waals surface area contributed by atoms with Crippen molar-refractivity contribution in [1.29, 1.82) is 0 Å². The van der Waals surface area contributed by atoms with E-state index in [0.717, 1.165) is 27.2 Å². The van der Waals surface area contributed by atoms with E-state index in [1.807, 2.05) is 62.4 Å². The predicted octanol–water partition coefficient (Wildman–Crippen LogP) is 4.26. The molecule has 3 atom stereocenters. The Morgan fingerprint density at radius 3 is 1.70 bits per heavy atom. The molecule has 4 aliphatic rings. The van der Waals surface area contributed by atoms with Crippen LogP contribution in [-0.4, -0.2) is 53.8 Å². The number of esters is 2. The number of anilines is 1. The van der Waals surface area contributed by atoms with Crippen LogP contribution in [0.3, 0.4) is 0 Å². The van der Waals surface area contributed by atoms with Crippen LogP contribution < -0.4 is 5.32 Å². The highest BCUT2D eigenvalue weighted by molar-refractivity contribution is 6.10. The molecule has 3 amide bonds. The number of hydrogen-bond donors (Lipinski definition) is 1. The molecule has 0 unspecified atom stereocenters. The van der Waals surface area contributed by atoms with Crippen molar-refractivity contribution in [3.8, 4) is 0 Å². The number of carbonyl (C=O) groups is 5. The normalized spacial score (nSPS) is 22.0. The van der Waals surface area contributed by atoms with E-state index in [-0.39, 0.29) is 17.8 Å². The van der Waals surface area contributed by atoms with Crippen LogP contribution >= 0.6 is 0 Å². The molecule has 0 saturated carbocycles. The Morgan fingerprint density at radius 2 is 1.23 bits per heavy atom. The number of nitrogens with zero attached hydrogens (tertiary/aromatic N) is 1. The van der Waals surface area contributed by atoms with Crippen LogP contribution in [0.5, 0.6) is 0 Å². The largest absolute Gasteiger partial charge is 0.462 e. The Hall–Kier alpha value is -4.79. The fourth-order valence-corrected chi connectivity index (χ4v) is 6.66. The molecule has 0 aromatic heterocycles. The van der Waals surface area contributed by atoms with Crippen molar-refractivity contribution in [2.45, 2.75) is 38.6 Å². The van der Waals surface area contributed by atoms with Crippen LogP contribution in [-0.2, 0) is 28.7 Å². The quantitative estimate of drug-likeness (QED) is 0.312. The van der Waals surface area contributed by atoms with E-state index in [2.05, 4.69) is 5.32 Å². The SMILES string of the molecule is CC(C)COC(=O)c1ccc(NC(=O)COC(=O)[C@H](C)N2C(=O)[C@H]3C4c5ccccc5C(c5ccccc54)[C@@H]3C2=O)cc1. The number of imide groups is 1. The van der Waals surface area contributed by atoms with Crippen LogP contribution in [0.15, 0.2) is 72.8 Å². The number of amides is 3. The lowest BCUT2D eigenvalue weighted by molar-refractivity contribution is -0.159. The highest BCUT2D eigenvalue weighted by Gasteiger charge is 2.62. The third-order valence-corrected chi connectivity index (χ3v) is 8.51. The van der Waals surface area contributed by atoms with Gasteiger partial charge in [-0.15, -0.1) is 0 Å². The zero-order chi connectivity index (χ0) is 30.4. The van der Waals surface area contributed by atoms with Gasteiger partial charge in [-0.1, -0.05) is 62.4 Å². The minimum Gasteiger partial charge on any atom is -0.462 e. The summed E-state index contributed by atoms with van der Waals surface area (Å²) in [5, 5.41) is 2.60. The summed E-state index contributed by atoms with van der Waals surface area (Å²) in [5.74, 6) is -4.25. The Labute approximate surface area is 249 Å². The number of carbonyl (C=O) groups excluding carboxylic acids is 5. The van der Waals surface area contributed by atoms with Gasteiger partial charge in [0.15, 0.2) is 6.61 Å². The summed E-state index contributed by atoms with van der Waals surface area (Å²) in [4.78, 5) is 66.3. The molecule has 1 N–H and O–H groups in total. The van der Waals surface area contributed by atoms with Gasteiger partial charge in [-0.05, 0) is 59.4 Å². The molecule has 3 aromatic carbocycles. The van der Waals surface area contributed by atoms with Crippen molar-refractivity contribution in [3.05, 3.63) is 101 Å². The van der Waals surface area contributed by atoms with Gasteiger partial charge in [-0.3, -0.25) is 19.3 Å². The molecule has 1 aliphatic heterocycles. The molecule has 9 heteroatoms. The summed E-state index contributed by atoms with van der Waals surface area (Å²) < 4.78 is 10.4. The summed E-state index contributed by atoms with van der Waals surface area (Å²) in [5.41, 5.74) is 4.92. The third-order valence-electron chi connectivity index (χ3n) is 8.51. The fourth-order valence-electron chi connectivity index (χ4n) is 6.66. The van der Waals surface area contributed by atoms with Crippen molar-refractivity contribution < 1.29 is 33.4 Å². The summed E-state index contributed by atoms with van der Waals surface area (Å²) in [7, 11) is 0. The number of benzene rings is 3. The van der Waals surface area contributed by atoms with Gasteiger partial charge in [-0.2, -0.15) is 0 Å². The average Bonchev–Trinajstić information content (AvgIpc) is 3.28. The topological polar surface area (TPSA) is 119 Å². The monoisotopic (exact) mass is 580 g/mol. The molecule has 3 aromatic rings. The van der Waals surface area contributed by atoms with Gasteiger partial charge in [0.25, 0.3) is 5.91 Å². The number of nitrogens with one attached hydrogen (secondary N) is 1. The summed E-state index contributed by atoms with van der Waals surface area (Å²) in [6, 6.07) is 20.8. The number of ether oxygens (including phenoxy) is 2. The first kappa shape index (κ1) is 28.3. The first-order chi connectivity index (χ1) is 20.7. The van der Waals surface area contributed by atoms with Gasteiger partial charge in [0.2, 0.25) is 11.8 Å². The van der Waals surface area contributed by atoms with Crippen LogP contribution in [0.2, 0.25) is 0 Å². The maximum absolute atomic E-state index is 13.8. The number of rotatable bonds is 8. The second-order valence-corrected chi connectivity index (χ2v) is 11.7. The van der Waals surface area contributed by atoms with Crippen LogP contribution in [0.25, 0.3) is 0 Å². The van der Waals surface area contributed by atoms with Crippen molar-refractivity contribution in [1.82, 2.24) is 4.90 Å². The van der Waals surface area contributed by atoms with E-state index in [1.165, 1.54) is 19.1 Å². The van der Waals surface area contributed by atoms with Gasteiger partial charge in [0, 0.05) is 17.5 Å². The molecule has 2 bridgehead atoms. The predicted molar refractivity (Wildman–Crippen MR) is 156 cm³/mol. The van der Waals surface area contributed by atoms with E-state index in [1.54, 1.807) is 12.1 Å². The standard InChI is InChI=1S/C34H32N2O7/c1-18(2)16-42-34(41)20-12-14-21(15-13-20)35-26(37)17-43-33(40)19(3)36-31(38)29-27-22-8-4-5-9-23(22)28(30(29)32(36)39)25-11-7-6-10-24(25)27/h4-15,18-19,27-30H,16-17H2,1-3H3,(H,35,37)/t19-,27?,28?,29-,30-/m0/s1. The molecule has 1 heterocycles. The molecule has 3 aliphatic carbocycles. The molecule has 220 valence electrons. The van der Waals surface area contributed by atoms with Crippen molar-refractivity contribution in [2.24, 2.45) is 17.8 Å². The molecule has 1 fully saturated rings. The number of hydrogen-bond acceptors (Lipinski definition) is 7. The lowest BCUT2D eigenvalue weighted by Gasteiger charge is -2.45. The third kappa shape index (κ3) is 4.88. The summed E-state index contributed by atoms with van der Waals surface area (Å²) >= 11 is 0. The Kier molecular flexibility index (Phi) is 7.33. The van der Waals surface area contributed by atoms with E-state index < -0.39 is 54.1 Å². The Balaban J connectivity index is 1.11. The second kappa shape index (κ2) is 11.1. The highest BCUT2D eigenvalue weighted by Crippen LogP contribution is 2.61. The van der Waals surface area contributed by atoms with E-state index in [4.69, 9.17) is 9.47 Å². The van der Waals surface area contributed by atoms with E-state index in [0.29, 0.717) is 17.9 Å².